The third-order valence-electron chi connectivity index (χ3n) is 5.41. The van der Waals surface area contributed by atoms with Gasteiger partial charge in [-0.25, -0.2) is 4.79 Å². The monoisotopic (exact) mass is 282 g/mol. The summed E-state index contributed by atoms with van der Waals surface area (Å²) in [5.41, 5.74) is 0.358. The van der Waals surface area contributed by atoms with Crippen molar-refractivity contribution in [3.63, 3.8) is 0 Å². The zero-order valence-electron chi connectivity index (χ0n) is 12.8. The van der Waals surface area contributed by atoms with Crippen molar-refractivity contribution in [1.29, 1.82) is 0 Å². The molecule has 0 aliphatic carbocycles. The van der Waals surface area contributed by atoms with Crippen LogP contribution in [0.3, 0.4) is 0 Å². The quantitative estimate of drug-likeness (QED) is 0.846. The fourth-order valence-electron chi connectivity index (χ4n) is 3.31. The molecule has 114 valence electrons. The van der Waals surface area contributed by atoms with Crippen LogP contribution >= 0.6 is 0 Å². The number of amides is 2. The highest BCUT2D eigenvalue weighted by molar-refractivity contribution is 5.78. The second-order valence-electron chi connectivity index (χ2n) is 6.60. The molecule has 0 radical (unpaired) electrons. The highest BCUT2D eigenvalue weighted by atomic mass is 16.4. The minimum atomic E-state index is -0.787. The van der Waals surface area contributed by atoms with Crippen LogP contribution in [-0.4, -0.2) is 52.6 Å². The van der Waals surface area contributed by atoms with E-state index in [0.29, 0.717) is 18.4 Å². The summed E-state index contributed by atoms with van der Waals surface area (Å²) < 4.78 is 0. The van der Waals surface area contributed by atoms with E-state index in [1.807, 2.05) is 11.8 Å². The van der Waals surface area contributed by atoms with Gasteiger partial charge in [0.05, 0.1) is 5.92 Å². The second kappa shape index (κ2) is 5.62. The Morgan fingerprint density at radius 2 is 1.85 bits per heavy atom. The lowest BCUT2D eigenvalue weighted by molar-refractivity contribution is -0.142. The normalized spacial score (nSPS) is 29.6. The highest BCUT2D eigenvalue weighted by Gasteiger charge is 2.40. The van der Waals surface area contributed by atoms with Crippen molar-refractivity contribution in [3.8, 4) is 0 Å². The molecule has 20 heavy (non-hydrogen) atoms. The van der Waals surface area contributed by atoms with Crippen molar-refractivity contribution in [2.24, 2.45) is 11.3 Å². The Morgan fingerprint density at radius 1 is 1.25 bits per heavy atom. The average Bonchev–Trinajstić information content (AvgIpc) is 2.81. The van der Waals surface area contributed by atoms with E-state index in [9.17, 15) is 9.59 Å². The fourth-order valence-corrected chi connectivity index (χ4v) is 3.31. The minimum Gasteiger partial charge on any atom is -0.481 e. The Bertz CT molecular complexity index is 389. The first-order valence-corrected chi connectivity index (χ1v) is 7.66. The van der Waals surface area contributed by atoms with Crippen LogP contribution in [0.2, 0.25) is 0 Å². The second-order valence-corrected chi connectivity index (χ2v) is 6.60. The fraction of sp³-hybridized carbons (Fsp3) is 0.867. The number of carboxylic acid groups (broad SMARTS) is 1. The lowest BCUT2D eigenvalue weighted by Gasteiger charge is -2.41. The Kier molecular flexibility index (Phi) is 4.25. The maximum atomic E-state index is 12.5. The van der Waals surface area contributed by atoms with E-state index in [0.717, 1.165) is 32.4 Å². The van der Waals surface area contributed by atoms with Gasteiger partial charge in [-0.15, -0.1) is 0 Å². The van der Waals surface area contributed by atoms with Crippen LogP contribution < -0.4 is 0 Å². The van der Waals surface area contributed by atoms with Crippen LogP contribution in [-0.2, 0) is 4.79 Å². The Hall–Kier alpha value is -1.26. The van der Waals surface area contributed by atoms with Crippen molar-refractivity contribution in [2.45, 2.75) is 52.5 Å². The van der Waals surface area contributed by atoms with Crippen LogP contribution in [0.5, 0.6) is 0 Å². The molecule has 0 bridgehead atoms. The maximum absolute atomic E-state index is 12.5. The topological polar surface area (TPSA) is 60.9 Å². The zero-order valence-corrected chi connectivity index (χ0v) is 12.8. The van der Waals surface area contributed by atoms with E-state index in [4.69, 9.17) is 5.11 Å². The largest absolute Gasteiger partial charge is 0.481 e. The van der Waals surface area contributed by atoms with Gasteiger partial charge < -0.3 is 14.9 Å². The molecule has 0 aromatic rings. The molecule has 2 saturated heterocycles. The standard InChI is InChI=1S/C15H26N2O3/c1-4-15(3)6-9-16(10-7-15)14(20)17-8-5-12(11(17)2)13(18)19/h11-12H,4-10H2,1-3H3,(H,18,19). The number of aliphatic carboxylic acids is 1. The summed E-state index contributed by atoms with van der Waals surface area (Å²) in [6.07, 6.45) is 3.80. The summed E-state index contributed by atoms with van der Waals surface area (Å²) >= 11 is 0. The van der Waals surface area contributed by atoms with Gasteiger partial charge in [0.25, 0.3) is 0 Å². The molecule has 0 saturated carbocycles. The van der Waals surface area contributed by atoms with Crippen molar-refractivity contribution < 1.29 is 14.7 Å². The summed E-state index contributed by atoms with van der Waals surface area (Å²) in [6, 6.07) is -0.168. The Labute approximate surface area is 120 Å². The molecule has 2 amide bonds. The predicted molar refractivity (Wildman–Crippen MR) is 76.5 cm³/mol. The summed E-state index contributed by atoms with van der Waals surface area (Å²) in [4.78, 5) is 27.3. The van der Waals surface area contributed by atoms with E-state index >= 15 is 0 Å². The third kappa shape index (κ3) is 2.76. The molecular weight excluding hydrogens is 256 g/mol. The van der Waals surface area contributed by atoms with Gasteiger partial charge in [0.1, 0.15) is 0 Å². The first-order valence-electron chi connectivity index (χ1n) is 7.66. The lowest BCUT2D eigenvalue weighted by atomic mass is 9.78. The van der Waals surface area contributed by atoms with Crippen LogP contribution in [0.4, 0.5) is 4.79 Å². The van der Waals surface area contributed by atoms with Crippen molar-refractivity contribution in [1.82, 2.24) is 9.80 Å². The van der Waals surface area contributed by atoms with Crippen molar-refractivity contribution in [2.75, 3.05) is 19.6 Å². The molecule has 2 atom stereocenters. The molecule has 2 fully saturated rings. The maximum Gasteiger partial charge on any atom is 0.320 e. The number of carbonyl (C=O) groups excluding carboxylic acids is 1. The molecule has 5 heteroatoms. The molecule has 2 heterocycles. The van der Waals surface area contributed by atoms with E-state index < -0.39 is 11.9 Å². The lowest BCUT2D eigenvalue weighted by Crippen LogP contribution is -2.50. The van der Waals surface area contributed by atoms with Crippen LogP contribution in [0.1, 0.15) is 46.5 Å². The van der Waals surface area contributed by atoms with Crippen molar-refractivity contribution in [3.05, 3.63) is 0 Å². The molecular formula is C15H26N2O3. The molecule has 1 N–H and O–H groups in total. The molecule has 2 aliphatic rings. The molecule has 0 spiro atoms. The first kappa shape index (κ1) is 15.1. The van der Waals surface area contributed by atoms with Crippen molar-refractivity contribution >= 4 is 12.0 Å². The molecule has 0 aromatic heterocycles. The van der Waals surface area contributed by atoms with Gasteiger partial charge in [0, 0.05) is 25.7 Å². The van der Waals surface area contributed by atoms with E-state index in [-0.39, 0.29) is 12.1 Å². The van der Waals surface area contributed by atoms with Crippen LogP contribution in [0.25, 0.3) is 0 Å². The number of carboxylic acids is 1. The Morgan fingerprint density at radius 3 is 2.30 bits per heavy atom. The Balaban J connectivity index is 1.95. The third-order valence-corrected chi connectivity index (χ3v) is 5.41. The van der Waals surface area contributed by atoms with Crippen LogP contribution in [0, 0.1) is 11.3 Å². The summed E-state index contributed by atoms with van der Waals surface area (Å²) in [5, 5.41) is 9.14. The highest BCUT2D eigenvalue weighted by Crippen LogP contribution is 2.35. The summed E-state index contributed by atoms with van der Waals surface area (Å²) in [5.74, 6) is -1.20. The van der Waals surface area contributed by atoms with Gasteiger partial charge in [0.15, 0.2) is 0 Å². The minimum absolute atomic E-state index is 0.0272. The number of piperidine rings is 1. The number of likely N-dealkylation sites (tertiary alicyclic amines) is 2. The van der Waals surface area contributed by atoms with Crippen LogP contribution in [0.15, 0.2) is 0 Å². The number of hydrogen-bond acceptors (Lipinski definition) is 2. The zero-order chi connectivity index (χ0) is 14.9. The number of hydrogen-bond donors (Lipinski definition) is 1. The van der Waals surface area contributed by atoms with Gasteiger partial charge in [-0.2, -0.15) is 0 Å². The number of carbonyl (C=O) groups is 2. The van der Waals surface area contributed by atoms with E-state index in [2.05, 4.69) is 13.8 Å². The molecule has 2 aliphatic heterocycles. The van der Waals surface area contributed by atoms with Gasteiger partial charge in [-0.05, 0) is 31.6 Å². The smallest absolute Gasteiger partial charge is 0.320 e. The summed E-state index contributed by atoms with van der Waals surface area (Å²) in [6.45, 7) is 8.50. The van der Waals surface area contributed by atoms with Gasteiger partial charge in [0.2, 0.25) is 0 Å². The predicted octanol–water partition coefficient (Wildman–Crippen LogP) is 2.41. The molecule has 2 rings (SSSR count). The van der Waals surface area contributed by atoms with Gasteiger partial charge in [-0.1, -0.05) is 20.3 Å². The summed E-state index contributed by atoms with van der Waals surface area (Å²) in [7, 11) is 0. The average molecular weight is 282 g/mol. The number of rotatable bonds is 2. The first-order chi connectivity index (χ1) is 9.38. The van der Waals surface area contributed by atoms with Gasteiger partial charge in [-0.3, -0.25) is 4.79 Å². The molecule has 2 unspecified atom stereocenters. The number of nitrogens with zero attached hydrogens (tertiary/aromatic N) is 2. The molecule has 0 aromatic carbocycles. The van der Waals surface area contributed by atoms with E-state index in [1.165, 1.54) is 0 Å². The SMILES string of the molecule is CCC1(C)CCN(C(=O)N2CCC(C(=O)O)C2C)CC1. The van der Waals surface area contributed by atoms with E-state index in [1.54, 1.807) is 4.90 Å². The number of urea groups is 1. The molecule has 5 nitrogen and oxygen atoms in total. The van der Waals surface area contributed by atoms with Gasteiger partial charge >= 0.3 is 12.0 Å².